The topological polar surface area (TPSA) is 48.0 Å². The number of nitrogens with zero attached hydrogens (tertiary/aromatic N) is 2. The molecule has 5 aliphatic heterocycles. The predicted molar refractivity (Wildman–Crippen MR) is 116 cm³/mol. The van der Waals surface area contributed by atoms with Crippen molar-refractivity contribution in [2.75, 3.05) is 44.8 Å². The molecular weight excluding hydrogens is 416 g/mol. The Kier molecular flexibility index (Phi) is 3.62. The fraction of sp³-hybridized carbons (Fsp3) is 0.625. The normalized spacial score (nSPS) is 43.3. The Hall–Kier alpha value is -1.76. The second-order valence-electron chi connectivity index (χ2n) is 10.2. The van der Waals surface area contributed by atoms with Gasteiger partial charge in [0.05, 0.1) is 57.0 Å². The third-order valence-corrected chi connectivity index (χ3v) is 10.0. The fourth-order valence-corrected chi connectivity index (χ4v) is 8.87. The summed E-state index contributed by atoms with van der Waals surface area (Å²) in [5.74, 6) is 2.42. The summed E-state index contributed by atoms with van der Waals surface area (Å²) >= 11 is 6.74. The number of alkyl halides is 1. The molecule has 7 rings (SSSR count). The highest BCUT2D eigenvalue weighted by Gasteiger charge is 2.76. The van der Waals surface area contributed by atoms with E-state index < -0.39 is 0 Å². The summed E-state index contributed by atoms with van der Waals surface area (Å²) < 4.78 is 18.6. The first kappa shape index (κ1) is 18.8. The number of hydrogen-bond donors (Lipinski definition) is 0. The van der Waals surface area contributed by atoms with Crippen LogP contribution in [0.25, 0.3) is 0 Å². The first-order chi connectivity index (χ1) is 15.1. The minimum Gasteiger partial charge on any atom is -0.493 e. The van der Waals surface area contributed by atoms with Gasteiger partial charge in [0.25, 0.3) is 0 Å². The molecule has 4 fully saturated rings. The number of amides is 1. The van der Waals surface area contributed by atoms with Gasteiger partial charge in [-0.15, -0.1) is 0 Å². The maximum absolute atomic E-state index is 13.6. The van der Waals surface area contributed by atoms with Gasteiger partial charge >= 0.3 is 0 Å². The summed E-state index contributed by atoms with van der Waals surface area (Å²) in [6.45, 7) is 2.70. The molecule has 1 saturated carbocycles. The molecule has 1 aromatic carbocycles. The summed E-state index contributed by atoms with van der Waals surface area (Å²) in [5.41, 5.74) is 3.69. The van der Waals surface area contributed by atoms with Gasteiger partial charge in [-0.3, -0.25) is 4.79 Å². The molecule has 7 unspecified atom stereocenters. The molecule has 31 heavy (non-hydrogen) atoms. The number of methoxy groups -OCH3 is 2. The van der Waals surface area contributed by atoms with Crippen LogP contribution >= 0.6 is 11.6 Å². The lowest BCUT2D eigenvalue weighted by Gasteiger charge is -2.60. The number of piperidine rings is 2. The largest absolute Gasteiger partial charge is 0.493 e. The van der Waals surface area contributed by atoms with Crippen molar-refractivity contribution in [1.82, 2.24) is 0 Å². The standard InChI is InChI=1S/C24H28ClN2O4/c1-29-17-8-15-16(9-18(17)30-2)26-21(28)10-19-22-14-7-20-24(15,23(22)26)4-5-27(20,12-25)11-13(14)3-6-31-19/h3,8-9,14,19-20,22-23H,4-7,10-12H2,1-2H3/q+1. The van der Waals surface area contributed by atoms with Crippen molar-refractivity contribution in [1.29, 1.82) is 0 Å². The van der Waals surface area contributed by atoms with Crippen molar-refractivity contribution in [3.05, 3.63) is 29.3 Å². The van der Waals surface area contributed by atoms with Crippen LogP contribution in [0, 0.1) is 11.8 Å². The third-order valence-electron chi connectivity index (χ3n) is 9.54. The number of anilines is 1. The van der Waals surface area contributed by atoms with Crippen LogP contribution in [0.2, 0.25) is 0 Å². The van der Waals surface area contributed by atoms with Gasteiger partial charge in [0.2, 0.25) is 5.91 Å². The quantitative estimate of drug-likeness (QED) is 0.312. The first-order valence-electron chi connectivity index (χ1n) is 11.4. The predicted octanol–water partition coefficient (Wildman–Crippen LogP) is 2.82. The Labute approximate surface area is 187 Å². The van der Waals surface area contributed by atoms with Crippen LogP contribution in [0.4, 0.5) is 5.69 Å². The number of ether oxygens (including phenoxy) is 3. The second kappa shape index (κ2) is 5.97. The molecule has 1 spiro atoms. The van der Waals surface area contributed by atoms with Crippen molar-refractivity contribution in [2.24, 2.45) is 11.8 Å². The highest BCUT2D eigenvalue weighted by atomic mass is 35.5. The van der Waals surface area contributed by atoms with Crippen LogP contribution in [-0.4, -0.2) is 68.5 Å². The monoisotopic (exact) mass is 443 g/mol. The van der Waals surface area contributed by atoms with Crippen molar-refractivity contribution < 1.29 is 23.5 Å². The number of carbonyl (C=O) groups is 1. The van der Waals surface area contributed by atoms with Crippen LogP contribution in [0.5, 0.6) is 11.5 Å². The molecule has 164 valence electrons. The SMILES string of the molecule is COc1cc2c(cc1OC)C13CC[N+]4(CCl)CC5=CCOC6CC(=O)N2C1C6C5CC34. The minimum atomic E-state index is -0.0987. The number of hydrogen-bond acceptors (Lipinski definition) is 4. The van der Waals surface area contributed by atoms with Gasteiger partial charge in [-0.25, -0.2) is 0 Å². The zero-order valence-corrected chi connectivity index (χ0v) is 18.7. The van der Waals surface area contributed by atoms with E-state index in [1.165, 1.54) is 11.1 Å². The lowest BCUT2D eigenvalue weighted by molar-refractivity contribution is -0.933. The van der Waals surface area contributed by atoms with E-state index in [4.69, 9.17) is 25.8 Å². The summed E-state index contributed by atoms with van der Waals surface area (Å²) in [7, 11) is 3.35. The smallest absolute Gasteiger partial charge is 0.229 e. The summed E-state index contributed by atoms with van der Waals surface area (Å²) in [6.07, 6.45) is 4.95. The average molecular weight is 444 g/mol. The molecule has 6 nitrogen and oxygen atoms in total. The van der Waals surface area contributed by atoms with Crippen LogP contribution in [0.1, 0.15) is 24.8 Å². The Morgan fingerprint density at radius 2 is 2.10 bits per heavy atom. The highest BCUT2D eigenvalue weighted by molar-refractivity contribution is 6.17. The van der Waals surface area contributed by atoms with E-state index in [1.807, 2.05) is 6.07 Å². The Morgan fingerprint density at radius 3 is 2.87 bits per heavy atom. The van der Waals surface area contributed by atoms with Gasteiger partial charge in [-0.05, 0) is 23.1 Å². The summed E-state index contributed by atoms with van der Waals surface area (Å²) in [4.78, 5) is 15.7. The molecule has 1 aliphatic carbocycles. The number of benzene rings is 1. The molecular formula is C24H28ClN2O4+. The zero-order valence-electron chi connectivity index (χ0n) is 18.0. The molecule has 5 heterocycles. The maximum atomic E-state index is 13.6. The molecule has 7 heteroatoms. The lowest BCUT2D eigenvalue weighted by Crippen LogP contribution is -2.72. The Bertz CT molecular complexity index is 1040. The van der Waals surface area contributed by atoms with Gasteiger partial charge in [0.15, 0.2) is 17.5 Å². The van der Waals surface area contributed by atoms with Crippen molar-refractivity contribution in [3.63, 3.8) is 0 Å². The zero-order chi connectivity index (χ0) is 21.1. The van der Waals surface area contributed by atoms with Gasteiger partial charge in [-0.2, -0.15) is 0 Å². The summed E-state index contributed by atoms with van der Waals surface area (Å²) in [6, 6.07) is 5.35. The number of fused-ring (bicyclic) bond motifs is 2. The van der Waals surface area contributed by atoms with E-state index in [-0.39, 0.29) is 23.5 Å². The van der Waals surface area contributed by atoms with E-state index >= 15 is 0 Å². The molecule has 0 radical (unpaired) electrons. The van der Waals surface area contributed by atoms with Gasteiger partial charge in [-0.1, -0.05) is 17.7 Å². The Morgan fingerprint density at radius 1 is 1.29 bits per heavy atom. The van der Waals surface area contributed by atoms with E-state index in [1.54, 1.807) is 14.2 Å². The number of halogens is 1. The molecule has 3 saturated heterocycles. The van der Waals surface area contributed by atoms with Crippen LogP contribution in [0.3, 0.4) is 0 Å². The molecule has 7 atom stereocenters. The number of quaternary nitrogens is 1. The Balaban J connectivity index is 1.54. The maximum Gasteiger partial charge on any atom is 0.229 e. The highest BCUT2D eigenvalue weighted by Crippen LogP contribution is 2.68. The molecule has 0 N–H and O–H groups in total. The lowest BCUT2D eigenvalue weighted by atomic mass is 9.53. The molecule has 0 aromatic heterocycles. The van der Waals surface area contributed by atoms with Gasteiger partial charge in [0.1, 0.15) is 12.6 Å². The first-order valence-corrected chi connectivity index (χ1v) is 11.9. The van der Waals surface area contributed by atoms with Crippen molar-refractivity contribution >= 4 is 23.2 Å². The van der Waals surface area contributed by atoms with Gasteiger partial charge < -0.3 is 23.6 Å². The third kappa shape index (κ3) is 1.97. The minimum absolute atomic E-state index is 0.0000277. The molecule has 6 aliphatic rings. The molecule has 1 amide bonds. The average Bonchev–Trinajstić information content (AvgIpc) is 3.22. The van der Waals surface area contributed by atoms with Crippen LogP contribution in [0.15, 0.2) is 23.8 Å². The van der Waals surface area contributed by atoms with E-state index in [0.29, 0.717) is 42.7 Å². The van der Waals surface area contributed by atoms with Crippen LogP contribution in [-0.2, 0) is 14.9 Å². The van der Waals surface area contributed by atoms with Crippen molar-refractivity contribution in [2.45, 2.75) is 42.9 Å². The fourth-order valence-electron chi connectivity index (χ4n) is 8.50. The van der Waals surface area contributed by atoms with Crippen LogP contribution < -0.4 is 14.4 Å². The van der Waals surface area contributed by atoms with E-state index in [0.717, 1.165) is 41.9 Å². The molecule has 2 bridgehead atoms. The van der Waals surface area contributed by atoms with Crippen molar-refractivity contribution in [3.8, 4) is 11.5 Å². The van der Waals surface area contributed by atoms with Gasteiger partial charge in [0, 0.05) is 24.8 Å². The summed E-state index contributed by atoms with van der Waals surface area (Å²) in [5, 5.41) is 0. The second-order valence-corrected chi connectivity index (χ2v) is 10.5. The number of rotatable bonds is 3. The molecule has 1 aromatic rings. The van der Waals surface area contributed by atoms with E-state index in [9.17, 15) is 4.79 Å². The number of carbonyl (C=O) groups excluding carboxylic acids is 1. The van der Waals surface area contributed by atoms with E-state index in [2.05, 4.69) is 17.0 Å².